The Labute approximate surface area is 199 Å². The Kier molecular flexibility index (Phi) is 14.8. The van der Waals surface area contributed by atoms with Crippen molar-refractivity contribution in [3.05, 3.63) is 23.9 Å². The highest BCUT2D eigenvalue weighted by molar-refractivity contribution is 14.0. The molecule has 172 valence electrons. The first-order valence-corrected chi connectivity index (χ1v) is 11.0. The lowest BCUT2D eigenvalue weighted by Crippen LogP contribution is -2.38. The molecular weight excluding hydrogens is 493 g/mol. The topological polar surface area (TPSA) is 71.0 Å². The van der Waals surface area contributed by atoms with Gasteiger partial charge >= 0.3 is 0 Å². The van der Waals surface area contributed by atoms with E-state index in [2.05, 4.69) is 51.5 Å². The van der Waals surface area contributed by atoms with Crippen LogP contribution in [0.1, 0.15) is 45.1 Å². The van der Waals surface area contributed by atoms with Gasteiger partial charge in [0.1, 0.15) is 5.82 Å². The number of hydrogen-bond donors (Lipinski definition) is 2. The Morgan fingerprint density at radius 3 is 2.50 bits per heavy atom. The number of aliphatic imine (C=N–C) groups is 1. The van der Waals surface area contributed by atoms with Crippen molar-refractivity contribution in [2.24, 2.45) is 10.9 Å². The molecule has 0 unspecified atom stereocenters. The number of nitrogens with one attached hydrogen (secondary N) is 2. The molecule has 2 N–H and O–H groups in total. The largest absolute Gasteiger partial charge is 0.379 e. The van der Waals surface area contributed by atoms with Gasteiger partial charge in [0.2, 0.25) is 0 Å². The molecule has 2 rings (SSSR count). The smallest absolute Gasteiger partial charge is 0.191 e. The van der Waals surface area contributed by atoms with Gasteiger partial charge in [-0.05, 0) is 36.8 Å². The van der Waals surface area contributed by atoms with Crippen molar-refractivity contribution in [2.75, 3.05) is 58.0 Å². The molecule has 7 nitrogen and oxygen atoms in total. The summed E-state index contributed by atoms with van der Waals surface area (Å²) < 4.78 is 11.0. The molecule has 1 fully saturated rings. The fraction of sp³-hybridized carbons (Fsp3) is 0.727. The van der Waals surface area contributed by atoms with Crippen LogP contribution in [0.2, 0.25) is 0 Å². The normalized spacial score (nSPS) is 15.0. The number of ether oxygens (including phenoxy) is 2. The van der Waals surface area contributed by atoms with E-state index < -0.39 is 0 Å². The van der Waals surface area contributed by atoms with Crippen LogP contribution in [0, 0.1) is 5.92 Å². The minimum atomic E-state index is 0. The van der Waals surface area contributed by atoms with Crippen LogP contribution in [-0.4, -0.2) is 64.1 Å². The predicted octanol–water partition coefficient (Wildman–Crippen LogP) is 3.43. The molecule has 8 heteroatoms. The first-order valence-electron chi connectivity index (χ1n) is 11.0. The van der Waals surface area contributed by atoms with E-state index in [1.54, 1.807) is 7.05 Å². The van der Waals surface area contributed by atoms with Crippen molar-refractivity contribution in [1.29, 1.82) is 0 Å². The third kappa shape index (κ3) is 10.8. The van der Waals surface area contributed by atoms with Crippen LogP contribution < -0.4 is 15.5 Å². The molecule has 30 heavy (non-hydrogen) atoms. The van der Waals surface area contributed by atoms with Gasteiger partial charge in [0.05, 0.1) is 19.8 Å². The number of anilines is 1. The van der Waals surface area contributed by atoms with Crippen molar-refractivity contribution < 1.29 is 9.47 Å². The summed E-state index contributed by atoms with van der Waals surface area (Å²) in [5.41, 5.74) is 1.14. The van der Waals surface area contributed by atoms with Crippen LogP contribution in [-0.2, 0) is 16.0 Å². The van der Waals surface area contributed by atoms with E-state index in [0.29, 0.717) is 32.9 Å². The molecule has 1 aliphatic heterocycles. The molecule has 1 aromatic rings. The molecule has 0 spiro atoms. The first kappa shape index (κ1) is 26.9. The van der Waals surface area contributed by atoms with Gasteiger partial charge in [-0.2, -0.15) is 0 Å². The van der Waals surface area contributed by atoms with E-state index in [1.807, 2.05) is 6.20 Å². The molecule has 0 bridgehead atoms. The average molecular weight is 533 g/mol. The van der Waals surface area contributed by atoms with Gasteiger partial charge in [0.25, 0.3) is 0 Å². The maximum Gasteiger partial charge on any atom is 0.191 e. The Balaban J connectivity index is 0.00000450. The summed E-state index contributed by atoms with van der Waals surface area (Å²) in [6.45, 7) is 10.8. The van der Waals surface area contributed by atoms with E-state index >= 15 is 0 Å². The average Bonchev–Trinajstić information content (AvgIpc) is 2.75. The van der Waals surface area contributed by atoms with Gasteiger partial charge in [0.15, 0.2) is 5.96 Å². The van der Waals surface area contributed by atoms with Crippen LogP contribution in [0.5, 0.6) is 0 Å². The van der Waals surface area contributed by atoms with Crippen molar-refractivity contribution in [3.8, 4) is 0 Å². The minimum Gasteiger partial charge on any atom is -0.379 e. The maximum absolute atomic E-state index is 5.56. The van der Waals surface area contributed by atoms with Gasteiger partial charge in [-0.3, -0.25) is 4.99 Å². The second-order valence-corrected chi connectivity index (χ2v) is 7.63. The highest BCUT2D eigenvalue weighted by Gasteiger charge is 2.16. The molecule has 0 atom stereocenters. The van der Waals surface area contributed by atoms with E-state index in [4.69, 9.17) is 9.47 Å². The van der Waals surface area contributed by atoms with Gasteiger partial charge in [-0.15, -0.1) is 24.0 Å². The maximum atomic E-state index is 5.56. The zero-order valence-electron chi connectivity index (χ0n) is 18.9. The number of piperidine rings is 1. The van der Waals surface area contributed by atoms with Crippen LogP contribution in [0.4, 0.5) is 5.82 Å². The van der Waals surface area contributed by atoms with Gasteiger partial charge in [0, 0.05) is 46.0 Å². The predicted molar refractivity (Wildman–Crippen MR) is 135 cm³/mol. The van der Waals surface area contributed by atoms with E-state index in [9.17, 15) is 0 Å². The minimum absolute atomic E-state index is 0. The molecule has 0 saturated carbocycles. The Morgan fingerprint density at radius 2 is 1.87 bits per heavy atom. The summed E-state index contributed by atoms with van der Waals surface area (Å²) in [7, 11) is 1.77. The lowest BCUT2D eigenvalue weighted by Gasteiger charge is -2.31. The summed E-state index contributed by atoms with van der Waals surface area (Å²) in [5, 5.41) is 6.58. The van der Waals surface area contributed by atoms with Gasteiger partial charge < -0.3 is 25.0 Å². The zero-order valence-corrected chi connectivity index (χ0v) is 21.2. The third-order valence-electron chi connectivity index (χ3n) is 5.15. The summed E-state index contributed by atoms with van der Waals surface area (Å²) in [6.07, 6.45) is 6.73. The van der Waals surface area contributed by atoms with E-state index in [0.717, 1.165) is 55.8 Å². The number of nitrogens with zero attached hydrogens (tertiary/aromatic N) is 3. The van der Waals surface area contributed by atoms with E-state index in [1.165, 1.54) is 12.8 Å². The highest BCUT2D eigenvalue weighted by Crippen LogP contribution is 2.21. The highest BCUT2D eigenvalue weighted by atomic mass is 127. The molecule has 0 radical (unpaired) electrons. The Morgan fingerprint density at radius 1 is 1.13 bits per heavy atom. The fourth-order valence-electron chi connectivity index (χ4n) is 3.16. The lowest BCUT2D eigenvalue weighted by atomic mass is 9.99. The molecule has 1 saturated heterocycles. The summed E-state index contributed by atoms with van der Waals surface area (Å²) in [5.74, 6) is 2.68. The Hall–Kier alpha value is -1.13. The number of pyridine rings is 1. The first-order chi connectivity index (χ1) is 14.2. The molecule has 0 aliphatic carbocycles. The van der Waals surface area contributed by atoms with Gasteiger partial charge in [-0.1, -0.05) is 26.3 Å². The quantitative estimate of drug-likeness (QED) is 0.186. The molecular formula is C22H40IN5O2. The third-order valence-corrected chi connectivity index (χ3v) is 5.15. The van der Waals surface area contributed by atoms with Crippen molar-refractivity contribution in [2.45, 2.75) is 46.1 Å². The monoisotopic (exact) mass is 533 g/mol. The van der Waals surface area contributed by atoms with Crippen molar-refractivity contribution in [1.82, 2.24) is 15.6 Å². The summed E-state index contributed by atoms with van der Waals surface area (Å²) in [6, 6.07) is 4.27. The van der Waals surface area contributed by atoms with Crippen LogP contribution in [0.15, 0.2) is 23.3 Å². The number of halogens is 1. The second kappa shape index (κ2) is 16.5. The van der Waals surface area contributed by atoms with Crippen molar-refractivity contribution in [3.63, 3.8) is 0 Å². The number of guanidine groups is 1. The lowest BCUT2D eigenvalue weighted by molar-refractivity contribution is 0.0487. The number of hydrogen-bond acceptors (Lipinski definition) is 5. The van der Waals surface area contributed by atoms with Crippen LogP contribution in [0.3, 0.4) is 0 Å². The molecule has 0 amide bonds. The SMILES string of the molecule is CCCCOCCOCCNC(=NC)NCc1ccc(N2CCC(C)CC2)nc1.I. The summed E-state index contributed by atoms with van der Waals surface area (Å²) >= 11 is 0. The molecule has 1 aromatic heterocycles. The van der Waals surface area contributed by atoms with Crippen molar-refractivity contribution >= 4 is 35.8 Å². The standard InChI is InChI=1S/C22H39N5O2.HI/c1-4-5-13-28-15-16-29-14-10-24-22(23-3)26-18-20-6-7-21(25-17-20)27-11-8-19(2)9-12-27;/h6-7,17,19H,4-5,8-16,18H2,1-3H3,(H2,23,24,26);1H. The van der Waals surface area contributed by atoms with Gasteiger partial charge in [-0.25, -0.2) is 4.98 Å². The number of unbranched alkanes of at least 4 members (excludes halogenated alkanes) is 1. The number of aromatic nitrogens is 1. The van der Waals surface area contributed by atoms with E-state index in [-0.39, 0.29) is 24.0 Å². The molecule has 1 aliphatic rings. The number of rotatable bonds is 12. The molecule has 0 aromatic carbocycles. The molecule has 2 heterocycles. The Bertz CT molecular complexity index is 577. The second-order valence-electron chi connectivity index (χ2n) is 7.63. The zero-order chi connectivity index (χ0) is 20.7. The fourth-order valence-corrected chi connectivity index (χ4v) is 3.16. The van der Waals surface area contributed by atoms with Crippen LogP contribution in [0.25, 0.3) is 0 Å². The summed E-state index contributed by atoms with van der Waals surface area (Å²) in [4.78, 5) is 11.3. The van der Waals surface area contributed by atoms with Crippen LogP contribution >= 0.6 is 24.0 Å².